The molecule has 0 bridgehead atoms. The number of aromatic nitrogens is 4. The Bertz CT molecular complexity index is 1370. The van der Waals surface area contributed by atoms with Gasteiger partial charge in [0.05, 0.1) is 17.9 Å². The third-order valence-corrected chi connectivity index (χ3v) is 5.19. The van der Waals surface area contributed by atoms with Crippen molar-refractivity contribution in [2.24, 2.45) is 7.05 Å². The predicted octanol–water partition coefficient (Wildman–Crippen LogP) is 3.30. The summed E-state index contributed by atoms with van der Waals surface area (Å²) < 4.78 is 16.6. The summed E-state index contributed by atoms with van der Waals surface area (Å²) >= 11 is 0. The first kappa shape index (κ1) is 21.9. The van der Waals surface area contributed by atoms with Crippen LogP contribution in [0.5, 0.6) is 0 Å². The maximum absolute atomic E-state index is 13.3. The zero-order chi connectivity index (χ0) is 23.4. The summed E-state index contributed by atoms with van der Waals surface area (Å²) in [6, 6.07) is 13.3. The number of rotatable bonds is 7. The molecule has 8 heteroatoms. The molecule has 1 amide bonds. The van der Waals surface area contributed by atoms with Gasteiger partial charge in [0.2, 0.25) is 5.91 Å². The molecule has 0 aliphatic rings. The van der Waals surface area contributed by atoms with Crippen molar-refractivity contribution in [1.29, 1.82) is 0 Å². The van der Waals surface area contributed by atoms with Crippen LogP contribution in [0.1, 0.15) is 11.1 Å². The molecular weight excluding hydrogens is 421 g/mol. The van der Waals surface area contributed by atoms with Crippen molar-refractivity contribution >= 4 is 5.91 Å². The molecule has 0 saturated heterocycles. The van der Waals surface area contributed by atoms with Crippen molar-refractivity contribution in [3.05, 3.63) is 107 Å². The Hall–Kier alpha value is -4.33. The topological polar surface area (TPSA) is 81.8 Å². The quantitative estimate of drug-likeness (QED) is 0.445. The van der Waals surface area contributed by atoms with E-state index in [1.807, 2.05) is 24.4 Å². The highest BCUT2D eigenvalue weighted by molar-refractivity contribution is 5.87. The maximum atomic E-state index is 13.3. The third-order valence-electron chi connectivity index (χ3n) is 5.19. The lowest BCUT2D eigenvalue weighted by Gasteiger charge is -2.11. The molecule has 0 fully saturated rings. The molecule has 7 nitrogen and oxygen atoms in total. The highest BCUT2D eigenvalue weighted by atomic mass is 19.1. The van der Waals surface area contributed by atoms with Gasteiger partial charge < -0.3 is 9.88 Å². The van der Waals surface area contributed by atoms with Crippen LogP contribution in [0.4, 0.5) is 4.39 Å². The Morgan fingerprint density at radius 2 is 1.91 bits per heavy atom. The van der Waals surface area contributed by atoms with Crippen molar-refractivity contribution < 1.29 is 9.18 Å². The monoisotopic (exact) mass is 443 g/mol. The molecule has 1 aromatic carbocycles. The second kappa shape index (κ2) is 9.44. The average Bonchev–Trinajstić information content (AvgIpc) is 3.28. The van der Waals surface area contributed by atoms with Gasteiger partial charge in [0, 0.05) is 49.4 Å². The van der Waals surface area contributed by atoms with Gasteiger partial charge in [-0.3, -0.25) is 19.3 Å². The summed E-state index contributed by atoms with van der Waals surface area (Å²) in [6.45, 7) is 4.16. The smallest absolute Gasteiger partial charge is 0.250 e. The first-order chi connectivity index (χ1) is 15.9. The average molecular weight is 443 g/mol. The highest BCUT2D eigenvalue weighted by Crippen LogP contribution is 2.27. The fraction of sp³-hybridized carbons (Fsp3) is 0.120. The zero-order valence-corrected chi connectivity index (χ0v) is 18.0. The summed E-state index contributed by atoms with van der Waals surface area (Å²) in [5, 5.41) is 7.44. The molecule has 0 radical (unpaired) electrons. The van der Waals surface area contributed by atoms with Gasteiger partial charge in [0.25, 0.3) is 5.56 Å². The van der Waals surface area contributed by atoms with E-state index in [1.54, 1.807) is 42.3 Å². The minimum absolute atomic E-state index is 0.0850. The first-order valence-corrected chi connectivity index (χ1v) is 10.3. The number of benzene rings is 1. The highest BCUT2D eigenvalue weighted by Gasteiger charge is 2.13. The molecule has 4 aromatic rings. The molecule has 3 aromatic heterocycles. The largest absolute Gasteiger partial charge is 0.348 e. The summed E-state index contributed by atoms with van der Waals surface area (Å²) in [6.07, 6.45) is 6.44. The summed E-state index contributed by atoms with van der Waals surface area (Å²) in [4.78, 5) is 28.1. The van der Waals surface area contributed by atoms with E-state index in [4.69, 9.17) is 0 Å². The van der Waals surface area contributed by atoms with Crippen molar-refractivity contribution in [3.8, 4) is 22.5 Å². The van der Waals surface area contributed by atoms with E-state index in [0.29, 0.717) is 17.9 Å². The van der Waals surface area contributed by atoms with Gasteiger partial charge in [-0.25, -0.2) is 4.39 Å². The van der Waals surface area contributed by atoms with Crippen molar-refractivity contribution in [3.63, 3.8) is 0 Å². The Kier molecular flexibility index (Phi) is 6.26. The molecule has 0 spiro atoms. The fourth-order valence-corrected chi connectivity index (χ4v) is 3.36. The van der Waals surface area contributed by atoms with E-state index < -0.39 is 0 Å². The molecule has 0 unspecified atom stereocenters. The molecule has 33 heavy (non-hydrogen) atoms. The van der Waals surface area contributed by atoms with Gasteiger partial charge in [-0.2, -0.15) is 5.10 Å². The SMILES string of the molecule is C=CC(=O)NCc1cnc(-c2ccc(F)cc2)cc1-c1ccn(Cc2ccn(C)c(=O)c2)n1. The second-order valence-electron chi connectivity index (χ2n) is 7.54. The number of carbonyl (C=O) groups is 1. The van der Waals surface area contributed by atoms with E-state index in [-0.39, 0.29) is 23.8 Å². The Labute approximate surface area is 189 Å². The summed E-state index contributed by atoms with van der Waals surface area (Å²) in [5.41, 5.74) is 4.42. The molecule has 0 aliphatic heterocycles. The molecule has 166 valence electrons. The second-order valence-corrected chi connectivity index (χ2v) is 7.54. The van der Waals surface area contributed by atoms with Crippen LogP contribution in [-0.2, 0) is 24.9 Å². The van der Waals surface area contributed by atoms with Gasteiger partial charge in [-0.15, -0.1) is 0 Å². The normalized spacial score (nSPS) is 10.7. The van der Waals surface area contributed by atoms with Gasteiger partial charge in [-0.1, -0.05) is 6.58 Å². The van der Waals surface area contributed by atoms with Crippen molar-refractivity contribution in [2.45, 2.75) is 13.1 Å². The van der Waals surface area contributed by atoms with Crippen LogP contribution < -0.4 is 10.9 Å². The summed E-state index contributed by atoms with van der Waals surface area (Å²) in [5.74, 6) is -0.614. The van der Waals surface area contributed by atoms with Gasteiger partial charge in [0.15, 0.2) is 0 Å². The Morgan fingerprint density at radius 3 is 2.64 bits per heavy atom. The Morgan fingerprint density at radius 1 is 1.12 bits per heavy atom. The maximum Gasteiger partial charge on any atom is 0.250 e. The van der Waals surface area contributed by atoms with Crippen LogP contribution in [0.3, 0.4) is 0 Å². The number of halogens is 1. The van der Waals surface area contributed by atoms with Gasteiger partial charge in [0.1, 0.15) is 5.82 Å². The van der Waals surface area contributed by atoms with Crippen molar-refractivity contribution in [2.75, 3.05) is 0 Å². The van der Waals surface area contributed by atoms with E-state index >= 15 is 0 Å². The van der Waals surface area contributed by atoms with E-state index in [9.17, 15) is 14.0 Å². The number of nitrogens with zero attached hydrogens (tertiary/aromatic N) is 4. The number of aryl methyl sites for hydroxylation is 1. The number of hydrogen-bond donors (Lipinski definition) is 1. The van der Waals surface area contributed by atoms with Crippen molar-refractivity contribution in [1.82, 2.24) is 24.6 Å². The van der Waals surface area contributed by atoms with Gasteiger partial charge in [-0.05, 0) is 59.7 Å². The van der Waals surface area contributed by atoms with Crippen LogP contribution in [-0.4, -0.2) is 25.2 Å². The number of hydrogen-bond acceptors (Lipinski definition) is 4. The zero-order valence-electron chi connectivity index (χ0n) is 18.0. The lowest BCUT2D eigenvalue weighted by molar-refractivity contribution is -0.116. The summed E-state index contributed by atoms with van der Waals surface area (Å²) in [7, 11) is 1.70. The van der Waals surface area contributed by atoms with Crippen LogP contribution in [0.15, 0.2) is 84.6 Å². The van der Waals surface area contributed by atoms with Crippen LogP contribution in [0.25, 0.3) is 22.5 Å². The third kappa shape index (κ3) is 5.12. The standard InChI is InChI=1S/C25H22FN5O2/c1-3-24(32)28-15-19-14-27-23(18-4-6-20(26)7-5-18)13-21(19)22-9-11-31(29-22)16-17-8-10-30(2)25(33)12-17/h3-14H,1,15-16H2,2H3,(H,28,32). The van der Waals surface area contributed by atoms with E-state index in [0.717, 1.165) is 22.3 Å². The lowest BCUT2D eigenvalue weighted by Crippen LogP contribution is -2.20. The van der Waals surface area contributed by atoms with Crippen LogP contribution >= 0.6 is 0 Å². The molecule has 0 aliphatic carbocycles. The minimum Gasteiger partial charge on any atom is -0.348 e. The number of nitrogens with one attached hydrogen (secondary N) is 1. The number of amides is 1. The minimum atomic E-state index is -0.322. The molecule has 0 atom stereocenters. The number of carbonyl (C=O) groups excluding carboxylic acids is 1. The molecule has 4 rings (SSSR count). The lowest BCUT2D eigenvalue weighted by atomic mass is 10.0. The molecule has 0 saturated carbocycles. The van der Waals surface area contributed by atoms with Gasteiger partial charge >= 0.3 is 0 Å². The van der Waals surface area contributed by atoms with E-state index in [1.165, 1.54) is 22.8 Å². The first-order valence-electron chi connectivity index (χ1n) is 10.3. The molecule has 3 heterocycles. The Balaban J connectivity index is 1.68. The van der Waals surface area contributed by atoms with E-state index in [2.05, 4.69) is 22.0 Å². The van der Waals surface area contributed by atoms with Crippen LogP contribution in [0.2, 0.25) is 0 Å². The fourth-order valence-electron chi connectivity index (χ4n) is 3.36. The predicted molar refractivity (Wildman–Crippen MR) is 124 cm³/mol. The molecule has 1 N–H and O–H groups in total. The number of pyridine rings is 2. The molecular formula is C25H22FN5O2. The van der Waals surface area contributed by atoms with Crippen LogP contribution in [0, 0.1) is 5.82 Å².